The highest BCUT2D eigenvalue weighted by molar-refractivity contribution is 9.09. The van der Waals surface area contributed by atoms with Crippen molar-refractivity contribution in [1.29, 1.82) is 0 Å². The van der Waals surface area contributed by atoms with Gasteiger partial charge in [0, 0.05) is 21.7 Å². The van der Waals surface area contributed by atoms with Crippen LogP contribution in [0.25, 0.3) is 0 Å². The molecule has 6 unspecified atom stereocenters. The van der Waals surface area contributed by atoms with Gasteiger partial charge in [-0.3, -0.25) is 0 Å². The molecule has 4 bridgehead atoms. The van der Waals surface area contributed by atoms with Crippen LogP contribution < -0.4 is 0 Å². The second kappa shape index (κ2) is 5.30. The van der Waals surface area contributed by atoms with Gasteiger partial charge in [-0.1, -0.05) is 49.6 Å². The summed E-state index contributed by atoms with van der Waals surface area (Å²) in [5, 5.41) is 0. The van der Waals surface area contributed by atoms with Crippen LogP contribution in [-0.2, 0) is 10.0 Å². The Kier molecular flexibility index (Phi) is 3.76. The molecule has 120 valence electrons. The number of sulfonamides is 1. The molecule has 6 atom stereocenters. The van der Waals surface area contributed by atoms with Crippen LogP contribution >= 0.6 is 31.9 Å². The molecule has 22 heavy (non-hydrogen) atoms. The van der Waals surface area contributed by atoms with Crippen molar-refractivity contribution < 1.29 is 8.42 Å². The molecule has 3 nitrogen and oxygen atoms in total. The average molecular weight is 449 g/mol. The maximum Gasteiger partial charge on any atom is 0.243 e. The number of rotatable bonds is 2. The van der Waals surface area contributed by atoms with Crippen molar-refractivity contribution in [2.24, 2.45) is 11.8 Å². The Hall–Kier alpha value is 0.0900. The normalized spacial score (nSPS) is 41.0. The summed E-state index contributed by atoms with van der Waals surface area (Å²) in [6.07, 6.45) is 3.14. The van der Waals surface area contributed by atoms with Crippen LogP contribution in [0.2, 0.25) is 0 Å². The fourth-order valence-corrected chi connectivity index (χ4v) is 8.52. The van der Waals surface area contributed by atoms with Gasteiger partial charge in [0.1, 0.15) is 0 Å². The van der Waals surface area contributed by atoms with E-state index in [2.05, 4.69) is 31.9 Å². The fourth-order valence-electron chi connectivity index (χ4n) is 4.53. The highest BCUT2D eigenvalue weighted by Gasteiger charge is 2.58. The molecule has 5 rings (SSSR count). The Morgan fingerprint density at radius 1 is 0.955 bits per heavy atom. The molecular formula is C16H19Br2NO2S. The van der Waals surface area contributed by atoms with Crippen LogP contribution in [0.4, 0.5) is 0 Å². The van der Waals surface area contributed by atoms with Crippen molar-refractivity contribution >= 4 is 41.9 Å². The van der Waals surface area contributed by atoms with Crippen molar-refractivity contribution in [3.63, 3.8) is 0 Å². The first-order valence-electron chi connectivity index (χ1n) is 7.78. The highest BCUT2D eigenvalue weighted by atomic mass is 79.9. The third-order valence-electron chi connectivity index (χ3n) is 5.58. The first-order valence-corrected chi connectivity index (χ1v) is 11.0. The largest absolute Gasteiger partial charge is 0.243 e. The molecule has 2 saturated heterocycles. The summed E-state index contributed by atoms with van der Waals surface area (Å²) in [5.74, 6) is 1.24. The summed E-state index contributed by atoms with van der Waals surface area (Å²) < 4.78 is 28.2. The zero-order valence-electron chi connectivity index (χ0n) is 12.3. The summed E-state index contributed by atoms with van der Waals surface area (Å²) in [6.45, 7) is 1.97. The molecule has 0 amide bonds. The smallest absolute Gasteiger partial charge is 0.207 e. The third kappa shape index (κ3) is 2.17. The van der Waals surface area contributed by atoms with E-state index in [1.165, 1.54) is 6.42 Å². The van der Waals surface area contributed by atoms with Gasteiger partial charge in [-0.15, -0.1) is 0 Å². The monoisotopic (exact) mass is 447 g/mol. The van der Waals surface area contributed by atoms with E-state index < -0.39 is 10.0 Å². The summed E-state index contributed by atoms with van der Waals surface area (Å²) >= 11 is 7.59. The molecule has 0 radical (unpaired) electrons. The van der Waals surface area contributed by atoms with Crippen LogP contribution in [-0.4, -0.2) is 34.5 Å². The molecule has 6 heteroatoms. The van der Waals surface area contributed by atoms with Crippen molar-refractivity contribution in [3.8, 4) is 0 Å². The molecule has 1 aromatic rings. The van der Waals surface area contributed by atoms with Gasteiger partial charge >= 0.3 is 0 Å². The Balaban J connectivity index is 1.76. The van der Waals surface area contributed by atoms with E-state index in [9.17, 15) is 8.42 Å². The van der Waals surface area contributed by atoms with Gasteiger partial charge in [0.2, 0.25) is 10.0 Å². The number of alkyl halides is 2. The highest BCUT2D eigenvalue weighted by Crippen LogP contribution is 2.55. The Morgan fingerprint density at radius 2 is 1.45 bits per heavy atom. The third-order valence-corrected chi connectivity index (χ3v) is 10.3. The molecule has 4 aliphatic rings. The first kappa shape index (κ1) is 15.6. The number of benzene rings is 1. The van der Waals surface area contributed by atoms with Gasteiger partial charge in [0.05, 0.1) is 4.90 Å². The van der Waals surface area contributed by atoms with Gasteiger partial charge in [0.15, 0.2) is 0 Å². The minimum Gasteiger partial charge on any atom is -0.207 e. The minimum atomic E-state index is -3.43. The summed E-state index contributed by atoms with van der Waals surface area (Å²) in [7, 11) is -3.43. The van der Waals surface area contributed by atoms with Crippen molar-refractivity contribution in [1.82, 2.24) is 4.31 Å². The van der Waals surface area contributed by atoms with Crippen LogP contribution in [0.1, 0.15) is 24.8 Å². The average Bonchev–Trinajstić information content (AvgIpc) is 2.46. The molecule has 2 aliphatic heterocycles. The molecule has 2 saturated carbocycles. The topological polar surface area (TPSA) is 37.4 Å². The molecule has 2 aliphatic carbocycles. The number of aryl methyl sites for hydroxylation is 1. The van der Waals surface area contributed by atoms with E-state index in [-0.39, 0.29) is 12.1 Å². The van der Waals surface area contributed by atoms with Gasteiger partial charge < -0.3 is 0 Å². The Labute approximate surface area is 148 Å². The van der Waals surface area contributed by atoms with Crippen molar-refractivity contribution in [2.75, 3.05) is 0 Å². The van der Waals surface area contributed by atoms with Crippen molar-refractivity contribution in [2.45, 2.75) is 52.8 Å². The van der Waals surface area contributed by atoms with E-state index in [0.717, 1.165) is 18.4 Å². The predicted octanol–water partition coefficient (Wildman–Crippen LogP) is 3.69. The van der Waals surface area contributed by atoms with Gasteiger partial charge in [-0.25, -0.2) is 8.42 Å². The maximum absolute atomic E-state index is 13.2. The predicted molar refractivity (Wildman–Crippen MR) is 94.0 cm³/mol. The number of nitrogens with zero attached hydrogens (tertiary/aromatic N) is 1. The lowest BCUT2D eigenvalue weighted by Gasteiger charge is -2.59. The zero-order valence-corrected chi connectivity index (χ0v) is 16.3. The lowest BCUT2D eigenvalue weighted by Crippen LogP contribution is -2.68. The molecule has 0 spiro atoms. The van der Waals surface area contributed by atoms with E-state index in [1.54, 1.807) is 12.1 Å². The number of halogens is 2. The van der Waals surface area contributed by atoms with Crippen LogP contribution in [0.3, 0.4) is 0 Å². The number of piperidine rings is 2. The number of hydrogen-bond acceptors (Lipinski definition) is 2. The Morgan fingerprint density at radius 3 is 1.95 bits per heavy atom. The molecular weight excluding hydrogens is 430 g/mol. The lowest BCUT2D eigenvalue weighted by atomic mass is 9.64. The van der Waals surface area contributed by atoms with Crippen molar-refractivity contribution in [3.05, 3.63) is 29.8 Å². The fraction of sp³-hybridized carbons (Fsp3) is 0.625. The van der Waals surface area contributed by atoms with Gasteiger partial charge in [-0.05, 0) is 50.2 Å². The molecule has 4 fully saturated rings. The van der Waals surface area contributed by atoms with Gasteiger partial charge in [0.25, 0.3) is 0 Å². The van der Waals surface area contributed by atoms with E-state index in [0.29, 0.717) is 26.4 Å². The first-order chi connectivity index (χ1) is 10.4. The van der Waals surface area contributed by atoms with E-state index in [1.807, 2.05) is 23.4 Å². The van der Waals surface area contributed by atoms with E-state index >= 15 is 0 Å². The zero-order chi connectivity index (χ0) is 15.6. The molecule has 0 N–H and O–H groups in total. The number of hydrogen-bond donors (Lipinski definition) is 0. The minimum absolute atomic E-state index is 0.0996. The Bertz CT molecular complexity index is 669. The second-order valence-electron chi connectivity index (χ2n) is 6.90. The molecule has 0 aromatic heterocycles. The van der Waals surface area contributed by atoms with Gasteiger partial charge in [-0.2, -0.15) is 4.31 Å². The summed E-state index contributed by atoms with van der Waals surface area (Å²) in [6, 6.07) is 7.43. The SMILES string of the molecule is Cc1ccc(S(=O)(=O)N2C3CC4CC(CC2C4Br)C3Br)cc1. The molecule has 2 heterocycles. The van der Waals surface area contributed by atoms with Crippen LogP contribution in [0.5, 0.6) is 0 Å². The lowest BCUT2D eigenvalue weighted by molar-refractivity contribution is 0.00900. The van der Waals surface area contributed by atoms with Crippen LogP contribution in [0.15, 0.2) is 29.2 Å². The molecule has 1 aromatic carbocycles. The maximum atomic E-state index is 13.2. The van der Waals surface area contributed by atoms with E-state index in [4.69, 9.17) is 0 Å². The summed E-state index contributed by atoms with van der Waals surface area (Å²) in [5.41, 5.74) is 1.08. The summed E-state index contributed by atoms with van der Waals surface area (Å²) in [4.78, 5) is 1.01. The quantitative estimate of drug-likeness (QED) is 0.647. The second-order valence-corrected chi connectivity index (χ2v) is 10.9. The standard InChI is InChI=1S/C16H19Br2NO2S/c1-9-2-4-12(5-3-9)22(20,21)19-13-7-10-6-11(16(13)18)8-14(19)15(10)17/h2-5,10-11,13-16H,6-8H2,1H3. The van der Waals surface area contributed by atoms with Crippen LogP contribution in [0, 0.1) is 18.8 Å².